The molecule has 1 aliphatic rings. The Balaban J connectivity index is 1.94. The highest BCUT2D eigenvalue weighted by Gasteiger charge is 2.23. The molecular weight excluding hydrogens is 226 g/mol. The lowest BCUT2D eigenvalue weighted by Crippen LogP contribution is -2.33. The quantitative estimate of drug-likeness (QED) is 0.839. The summed E-state index contributed by atoms with van der Waals surface area (Å²) in [7, 11) is 0. The minimum absolute atomic E-state index is 0.0407. The third-order valence-corrected chi connectivity index (χ3v) is 3.34. The largest absolute Gasteiger partial charge is 0.392 e. The fourth-order valence-corrected chi connectivity index (χ4v) is 2.37. The zero-order valence-electron chi connectivity index (χ0n) is 11.2. The molecule has 2 atom stereocenters. The van der Waals surface area contributed by atoms with E-state index in [-0.39, 0.29) is 12.2 Å². The van der Waals surface area contributed by atoms with Crippen molar-refractivity contribution in [3.05, 3.63) is 35.4 Å². The first-order valence-corrected chi connectivity index (χ1v) is 6.77. The van der Waals surface area contributed by atoms with Crippen LogP contribution in [0.1, 0.15) is 37.5 Å². The van der Waals surface area contributed by atoms with Gasteiger partial charge in [-0.1, -0.05) is 38.1 Å². The highest BCUT2D eigenvalue weighted by atomic mass is 16.5. The van der Waals surface area contributed by atoms with Gasteiger partial charge in [-0.25, -0.2) is 0 Å². The van der Waals surface area contributed by atoms with Crippen molar-refractivity contribution in [1.82, 2.24) is 5.32 Å². The lowest BCUT2D eigenvalue weighted by atomic mass is 9.94. The first-order valence-electron chi connectivity index (χ1n) is 6.77. The van der Waals surface area contributed by atoms with Crippen LogP contribution in [-0.4, -0.2) is 30.4 Å². The maximum absolute atomic E-state index is 10.0. The van der Waals surface area contributed by atoms with Crippen LogP contribution in [0.25, 0.3) is 0 Å². The third kappa shape index (κ3) is 3.55. The van der Waals surface area contributed by atoms with E-state index in [4.69, 9.17) is 4.74 Å². The van der Waals surface area contributed by atoms with Gasteiger partial charge in [0.2, 0.25) is 0 Å². The van der Waals surface area contributed by atoms with Gasteiger partial charge in [-0.05, 0) is 17.5 Å². The summed E-state index contributed by atoms with van der Waals surface area (Å²) in [6, 6.07) is 8.78. The topological polar surface area (TPSA) is 41.5 Å². The van der Waals surface area contributed by atoms with Crippen LogP contribution in [0.3, 0.4) is 0 Å². The van der Waals surface area contributed by atoms with Gasteiger partial charge in [0.1, 0.15) is 0 Å². The normalized spacial score (nSPS) is 20.8. The molecule has 3 nitrogen and oxygen atoms in total. The minimum atomic E-state index is -0.358. The SMILES string of the molecule is CC(C)NCC(O)CC1OCCc2ccccc21. The van der Waals surface area contributed by atoms with Crippen LogP contribution in [0.2, 0.25) is 0 Å². The number of benzene rings is 1. The van der Waals surface area contributed by atoms with Crippen LogP contribution in [-0.2, 0) is 11.2 Å². The van der Waals surface area contributed by atoms with Gasteiger partial charge in [0.25, 0.3) is 0 Å². The van der Waals surface area contributed by atoms with Crippen LogP contribution < -0.4 is 5.32 Å². The van der Waals surface area contributed by atoms with Crippen LogP contribution in [0, 0.1) is 0 Å². The Bertz CT molecular complexity index is 379. The summed E-state index contributed by atoms with van der Waals surface area (Å²) in [4.78, 5) is 0. The number of hydrogen-bond donors (Lipinski definition) is 2. The molecule has 3 heteroatoms. The molecule has 0 radical (unpaired) electrons. The monoisotopic (exact) mass is 249 g/mol. The van der Waals surface area contributed by atoms with E-state index in [9.17, 15) is 5.11 Å². The van der Waals surface area contributed by atoms with E-state index in [0.29, 0.717) is 19.0 Å². The summed E-state index contributed by atoms with van der Waals surface area (Å²) >= 11 is 0. The number of fused-ring (bicyclic) bond motifs is 1. The van der Waals surface area contributed by atoms with E-state index in [1.807, 2.05) is 6.07 Å². The molecular formula is C15H23NO2. The Hall–Kier alpha value is -0.900. The van der Waals surface area contributed by atoms with Gasteiger partial charge in [-0.15, -0.1) is 0 Å². The van der Waals surface area contributed by atoms with Crippen molar-refractivity contribution >= 4 is 0 Å². The molecule has 0 saturated heterocycles. The molecule has 2 unspecified atom stereocenters. The summed E-state index contributed by atoms with van der Waals surface area (Å²) in [5.41, 5.74) is 2.60. The second-order valence-corrected chi connectivity index (χ2v) is 5.26. The first-order chi connectivity index (χ1) is 8.66. The van der Waals surface area contributed by atoms with Gasteiger partial charge in [-0.3, -0.25) is 0 Å². The van der Waals surface area contributed by atoms with Crippen molar-refractivity contribution in [2.24, 2.45) is 0 Å². The van der Waals surface area contributed by atoms with Gasteiger partial charge in [0.15, 0.2) is 0 Å². The summed E-state index contributed by atoms with van der Waals surface area (Å²) in [6.07, 6.45) is 1.33. The molecule has 0 aromatic heterocycles. The Morgan fingerprint density at radius 2 is 2.17 bits per heavy atom. The van der Waals surface area contributed by atoms with Gasteiger partial charge in [0, 0.05) is 19.0 Å². The van der Waals surface area contributed by atoms with E-state index >= 15 is 0 Å². The fraction of sp³-hybridized carbons (Fsp3) is 0.600. The molecule has 0 fully saturated rings. The molecule has 0 spiro atoms. The summed E-state index contributed by atoms with van der Waals surface area (Å²) in [5.74, 6) is 0. The molecule has 2 rings (SSSR count). The highest BCUT2D eigenvalue weighted by molar-refractivity contribution is 5.30. The maximum Gasteiger partial charge on any atom is 0.0852 e. The number of aliphatic hydroxyl groups is 1. The standard InChI is InChI=1S/C15H23NO2/c1-11(2)16-10-13(17)9-15-14-6-4-3-5-12(14)7-8-18-15/h3-6,11,13,15-17H,7-10H2,1-2H3. The second-order valence-electron chi connectivity index (χ2n) is 5.26. The zero-order valence-corrected chi connectivity index (χ0v) is 11.2. The van der Waals surface area contributed by atoms with Crippen molar-refractivity contribution in [2.45, 2.75) is 44.9 Å². The number of hydrogen-bond acceptors (Lipinski definition) is 3. The molecule has 0 bridgehead atoms. The molecule has 0 saturated carbocycles. The Kier molecular flexibility index (Phi) is 4.75. The van der Waals surface area contributed by atoms with Crippen LogP contribution >= 0.6 is 0 Å². The van der Waals surface area contributed by atoms with Crippen LogP contribution in [0.5, 0.6) is 0 Å². The van der Waals surface area contributed by atoms with Crippen LogP contribution in [0.15, 0.2) is 24.3 Å². The van der Waals surface area contributed by atoms with Crippen LogP contribution in [0.4, 0.5) is 0 Å². The zero-order chi connectivity index (χ0) is 13.0. The van der Waals surface area contributed by atoms with E-state index in [0.717, 1.165) is 13.0 Å². The van der Waals surface area contributed by atoms with Crippen molar-refractivity contribution in [3.8, 4) is 0 Å². The van der Waals surface area contributed by atoms with E-state index in [2.05, 4.69) is 37.4 Å². The van der Waals surface area contributed by atoms with Gasteiger partial charge in [-0.2, -0.15) is 0 Å². The number of rotatable bonds is 5. The molecule has 18 heavy (non-hydrogen) atoms. The van der Waals surface area contributed by atoms with E-state index in [1.54, 1.807) is 0 Å². The molecule has 1 aromatic rings. The Labute approximate surface area is 109 Å². The number of ether oxygens (including phenoxy) is 1. The van der Waals surface area contributed by atoms with Crippen molar-refractivity contribution < 1.29 is 9.84 Å². The lowest BCUT2D eigenvalue weighted by Gasteiger charge is -2.28. The van der Waals surface area contributed by atoms with Gasteiger partial charge in [0.05, 0.1) is 18.8 Å². The number of aliphatic hydroxyl groups excluding tert-OH is 1. The molecule has 1 aliphatic heterocycles. The molecule has 1 heterocycles. The molecule has 0 amide bonds. The summed E-state index contributed by atoms with van der Waals surface area (Å²) in [6.45, 7) is 5.55. The fourth-order valence-electron chi connectivity index (χ4n) is 2.37. The van der Waals surface area contributed by atoms with Crippen molar-refractivity contribution in [2.75, 3.05) is 13.2 Å². The van der Waals surface area contributed by atoms with Crippen molar-refractivity contribution in [1.29, 1.82) is 0 Å². The van der Waals surface area contributed by atoms with E-state index in [1.165, 1.54) is 11.1 Å². The smallest absolute Gasteiger partial charge is 0.0852 e. The summed E-state index contributed by atoms with van der Waals surface area (Å²) < 4.78 is 5.79. The third-order valence-electron chi connectivity index (χ3n) is 3.34. The number of nitrogens with one attached hydrogen (secondary N) is 1. The highest BCUT2D eigenvalue weighted by Crippen LogP contribution is 2.30. The predicted octanol–water partition coefficient (Wildman–Crippen LogP) is 2.05. The maximum atomic E-state index is 10.0. The Morgan fingerprint density at radius 1 is 1.39 bits per heavy atom. The average molecular weight is 249 g/mol. The average Bonchev–Trinajstić information content (AvgIpc) is 2.37. The predicted molar refractivity (Wildman–Crippen MR) is 72.6 cm³/mol. The molecule has 2 N–H and O–H groups in total. The van der Waals surface area contributed by atoms with Gasteiger partial charge >= 0.3 is 0 Å². The minimum Gasteiger partial charge on any atom is -0.392 e. The summed E-state index contributed by atoms with van der Waals surface area (Å²) in [5, 5.41) is 13.3. The van der Waals surface area contributed by atoms with E-state index < -0.39 is 0 Å². The van der Waals surface area contributed by atoms with Crippen molar-refractivity contribution in [3.63, 3.8) is 0 Å². The Morgan fingerprint density at radius 3 is 2.94 bits per heavy atom. The lowest BCUT2D eigenvalue weighted by molar-refractivity contribution is 0.00429. The molecule has 1 aromatic carbocycles. The second kappa shape index (κ2) is 6.32. The van der Waals surface area contributed by atoms with Gasteiger partial charge < -0.3 is 15.2 Å². The molecule has 100 valence electrons. The first kappa shape index (κ1) is 13.5. The molecule has 0 aliphatic carbocycles.